The molecule has 0 amide bonds. The third-order valence-corrected chi connectivity index (χ3v) is 3.19. The molecule has 5 heteroatoms. The largest absolute Gasteiger partial charge is 0.445 e. The molecule has 0 radical (unpaired) electrons. The van der Waals surface area contributed by atoms with Crippen LogP contribution in [-0.4, -0.2) is 11.5 Å². The Balaban J connectivity index is 1.79. The van der Waals surface area contributed by atoms with E-state index in [2.05, 4.69) is 40.1 Å². The minimum atomic E-state index is 0.314. The van der Waals surface area contributed by atoms with E-state index >= 15 is 0 Å². The topological polar surface area (TPSA) is 47.3 Å². The Morgan fingerprint density at radius 1 is 1.30 bits per heavy atom. The van der Waals surface area contributed by atoms with E-state index in [1.165, 1.54) is 0 Å². The molecular weight excluding hydrogens is 320 g/mol. The number of oxazole rings is 1. The molecule has 0 saturated heterocycles. The summed E-state index contributed by atoms with van der Waals surface area (Å²) in [5.74, 6) is 0.620. The highest BCUT2D eigenvalue weighted by Crippen LogP contribution is 2.14. The number of halogens is 1. The third kappa shape index (κ3) is 4.98. The van der Waals surface area contributed by atoms with Crippen LogP contribution in [0.2, 0.25) is 0 Å². The first-order chi connectivity index (χ1) is 9.63. The maximum absolute atomic E-state index is 5.52. The lowest BCUT2D eigenvalue weighted by Gasteiger charge is -2.04. The van der Waals surface area contributed by atoms with E-state index in [0.717, 1.165) is 22.3 Å². The summed E-state index contributed by atoms with van der Waals surface area (Å²) >= 11 is 3.40. The van der Waals surface area contributed by atoms with E-state index in [4.69, 9.17) is 9.15 Å². The van der Waals surface area contributed by atoms with Gasteiger partial charge in [0, 0.05) is 11.0 Å². The van der Waals surface area contributed by atoms with Gasteiger partial charge in [0.05, 0.1) is 5.69 Å². The first-order valence-electron chi connectivity index (χ1n) is 6.66. The summed E-state index contributed by atoms with van der Waals surface area (Å²) in [6, 6.07) is 7.96. The molecule has 0 atom stereocenters. The molecule has 0 aliphatic rings. The number of benzene rings is 1. The van der Waals surface area contributed by atoms with Crippen LogP contribution in [0.3, 0.4) is 0 Å². The molecule has 0 spiro atoms. The van der Waals surface area contributed by atoms with Gasteiger partial charge >= 0.3 is 6.08 Å². The van der Waals surface area contributed by atoms with Gasteiger partial charge in [-0.25, -0.2) is 0 Å². The van der Waals surface area contributed by atoms with Gasteiger partial charge in [-0.15, -0.1) is 0 Å². The van der Waals surface area contributed by atoms with Crippen molar-refractivity contribution >= 4 is 15.9 Å². The van der Waals surface area contributed by atoms with Crippen molar-refractivity contribution in [2.45, 2.75) is 27.0 Å². The Morgan fingerprint density at radius 3 is 2.75 bits per heavy atom. The Morgan fingerprint density at radius 2 is 2.05 bits per heavy atom. The zero-order chi connectivity index (χ0) is 14.4. The predicted molar refractivity (Wildman–Crippen MR) is 81.5 cm³/mol. The first kappa shape index (κ1) is 15.1. The number of hydrogen-bond acceptors (Lipinski definition) is 4. The molecule has 0 aliphatic carbocycles. The Hall–Kier alpha value is -1.33. The van der Waals surface area contributed by atoms with Crippen molar-refractivity contribution < 1.29 is 9.15 Å². The van der Waals surface area contributed by atoms with Crippen molar-refractivity contribution in [1.82, 2.24) is 10.3 Å². The van der Waals surface area contributed by atoms with Crippen LogP contribution in [0.1, 0.15) is 25.1 Å². The summed E-state index contributed by atoms with van der Waals surface area (Å²) in [7, 11) is 0. The lowest BCUT2D eigenvalue weighted by molar-refractivity contribution is 0.220. The number of rotatable bonds is 7. The highest BCUT2D eigenvalue weighted by Gasteiger charge is 2.05. The van der Waals surface area contributed by atoms with Crippen LogP contribution in [-0.2, 0) is 13.2 Å². The SMILES string of the molecule is CC(C)CNCc1coc(OCc2ccc(Br)cc2)n1. The molecule has 1 aromatic carbocycles. The second-order valence-corrected chi connectivity index (χ2v) is 5.96. The molecule has 1 N–H and O–H groups in total. The van der Waals surface area contributed by atoms with E-state index in [9.17, 15) is 0 Å². The lowest BCUT2D eigenvalue weighted by Crippen LogP contribution is -2.19. The standard InChI is InChI=1S/C15H19BrN2O2/c1-11(2)7-17-8-14-10-20-15(18-14)19-9-12-3-5-13(16)6-4-12/h3-6,10-11,17H,7-9H2,1-2H3. The average Bonchev–Trinajstić information content (AvgIpc) is 2.86. The highest BCUT2D eigenvalue weighted by molar-refractivity contribution is 9.10. The number of aromatic nitrogens is 1. The van der Waals surface area contributed by atoms with E-state index in [-0.39, 0.29) is 0 Å². The molecule has 108 valence electrons. The molecule has 0 unspecified atom stereocenters. The lowest BCUT2D eigenvalue weighted by atomic mass is 10.2. The molecule has 0 saturated carbocycles. The van der Waals surface area contributed by atoms with Crippen LogP contribution in [0.4, 0.5) is 0 Å². The van der Waals surface area contributed by atoms with E-state index in [1.807, 2.05) is 24.3 Å². The van der Waals surface area contributed by atoms with Crippen LogP contribution in [0, 0.1) is 5.92 Å². The molecule has 2 rings (SSSR count). The van der Waals surface area contributed by atoms with Gasteiger partial charge in [0.1, 0.15) is 12.9 Å². The zero-order valence-corrected chi connectivity index (χ0v) is 13.3. The quantitative estimate of drug-likeness (QED) is 0.834. The smallest absolute Gasteiger partial charge is 0.394 e. The first-order valence-corrected chi connectivity index (χ1v) is 7.45. The molecule has 4 nitrogen and oxygen atoms in total. The predicted octanol–water partition coefficient (Wildman–Crippen LogP) is 3.76. The summed E-state index contributed by atoms with van der Waals surface area (Å²) in [4.78, 5) is 4.28. The number of ether oxygens (including phenoxy) is 1. The Bertz CT molecular complexity index is 523. The van der Waals surface area contributed by atoms with E-state index < -0.39 is 0 Å². The fraction of sp³-hybridized carbons (Fsp3) is 0.400. The second-order valence-electron chi connectivity index (χ2n) is 5.04. The van der Waals surface area contributed by atoms with Gasteiger partial charge in [-0.1, -0.05) is 41.9 Å². The van der Waals surface area contributed by atoms with Crippen molar-refractivity contribution in [1.29, 1.82) is 0 Å². The number of nitrogens with zero attached hydrogens (tertiary/aromatic N) is 1. The van der Waals surface area contributed by atoms with Gasteiger partial charge in [0.15, 0.2) is 0 Å². The molecule has 0 aliphatic heterocycles. The van der Waals surface area contributed by atoms with Gasteiger partial charge in [-0.3, -0.25) is 0 Å². The third-order valence-electron chi connectivity index (χ3n) is 2.66. The molecule has 20 heavy (non-hydrogen) atoms. The zero-order valence-electron chi connectivity index (χ0n) is 11.7. The van der Waals surface area contributed by atoms with Crippen molar-refractivity contribution in [3.8, 4) is 6.08 Å². The monoisotopic (exact) mass is 338 g/mol. The molecule has 0 fully saturated rings. The molecule has 0 bridgehead atoms. The molecule has 1 heterocycles. The minimum Gasteiger partial charge on any atom is -0.445 e. The molecule has 2 aromatic rings. The Labute approximate surface area is 127 Å². The van der Waals surface area contributed by atoms with Gasteiger partial charge < -0.3 is 14.5 Å². The van der Waals surface area contributed by atoms with E-state index in [0.29, 0.717) is 25.1 Å². The van der Waals surface area contributed by atoms with Crippen LogP contribution in [0.25, 0.3) is 0 Å². The van der Waals surface area contributed by atoms with Crippen LogP contribution in [0.15, 0.2) is 39.4 Å². The fourth-order valence-electron chi connectivity index (χ4n) is 1.65. The van der Waals surface area contributed by atoms with Crippen molar-refractivity contribution in [3.05, 3.63) is 46.3 Å². The number of nitrogens with one attached hydrogen (secondary N) is 1. The second kappa shape index (κ2) is 7.45. The summed E-state index contributed by atoms with van der Waals surface area (Å²) in [6.45, 7) is 6.45. The molecular formula is C15H19BrN2O2. The van der Waals surface area contributed by atoms with Gasteiger partial charge in [-0.2, -0.15) is 4.98 Å². The summed E-state index contributed by atoms with van der Waals surface area (Å²) < 4.78 is 11.9. The molecule has 1 aromatic heterocycles. The van der Waals surface area contributed by atoms with E-state index in [1.54, 1.807) is 6.26 Å². The van der Waals surface area contributed by atoms with Crippen LogP contribution in [0.5, 0.6) is 6.08 Å². The van der Waals surface area contributed by atoms with Crippen molar-refractivity contribution in [3.63, 3.8) is 0 Å². The highest BCUT2D eigenvalue weighted by atomic mass is 79.9. The number of hydrogen-bond donors (Lipinski definition) is 1. The summed E-state index contributed by atoms with van der Waals surface area (Å²) in [6.07, 6.45) is 1.94. The van der Waals surface area contributed by atoms with Crippen LogP contribution < -0.4 is 10.1 Å². The maximum atomic E-state index is 5.52. The normalized spacial score (nSPS) is 11.0. The summed E-state index contributed by atoms with van der Waals surface area (Å²) in [5.41, 5.74) is 1.93. The van der Waals surface area contributed by atoms with Gasteiger partial charge in [0.25, 0.3) is 0 Å². The van der Waals surface area contributed by atoms with Gasteiger partial charge in [0.2, 0.25) is 0 Å². The summed E-state index contributed by atoms with van der Waals surface area (Å²) in [5, 5.41) is 3.31. The van der Waals surface area contributed by atoms with Gasteiger partial charge in [-0.05, 0) is 30.2 Å². The fourth-order valence-corrected chi connectivity index (χ4v) is 1.91. The minimum absolute atomic E-state index is 0.314. The maximum Gasteiger partial charge on any atom is 0.394 e. The average molecular weight is 339 g/mol. The Kier molecular flexibility index (Phi) is 5.61. The van der Waals surface area contributed by atoms with Crippen molar-refractivity contribution in [2.75, 3.05) is 6.54 Å². The van der Waals surface area contributed by atoms with Crippen LogP contribution >= 0.6 is 15.9 Å². The van der Waals surface area contributed by atoms with Crippen molar-refractivity contribution in [2.24, 2.45) is 5.92 Å².